The van der Waals surface area contributed by atoms with E-state index < -0.39 is 21.9 Å². The first-order chi connectivity index (χ1) is 10.7. The van der Waals surface area contributed by atoms with Crippen LogP contribution in [0.25, 0.3) is 0 Å². The van der Waals surface area contributed by atoms with Crippen molar-refractivity contribution in [1.29, 1.82) is 0 Å². The maximum absolute atomic E-state index is 12.2. The van der Waals surface area contributed by atoms with Gasteiger partial charge in [-0.1, -0.05) is 23.2 Å². The summed E-state index contributed by atoms with van der Waals surface area (Å²) in [7, 11) is -2.95. The van der Waals surface area contributed by atoms with E-state index in [9.17, 15) is 18.0 Å². The topological polar surface area (TPSA) is 89.5 Å². The van der Waals surface area contributed by atoms with Gasteiger partial charge in [-0.15, -0.1) is 11.3 Å². The number of ether oxygens (including phenoxy) is 1. The van der Waals surface area contributed by atoms with Crippen LogP contribution in [0.1, 0.15) is 20.0 Å². The fourth-order valence-electron chi connectivity index (χ4n) is 1.59. The number of hydrogen-bond acceptors (Lipinski definition) is 6. The van der Waals surface area contributed by atoms with E-state index in [1.807, 2.05) is 4.72 Å². The van der Waals surface area contributed by atoms with E-state index >= 15 is 0 Å². The van der Waals surface area contributed by atoms with Gasteiger partial charge in [-0.3, -0.25) is 4.79 Å². The fourth-order valence-corrected chi connectivity index (χ4v) is 4.09. The van der Waals surface area contributed by atoms with E-state index in [4.69, 9.17) is 23.2 Å². The quantitative estimate of drug-likeness (QED) is 0.806. The van der Waals surface area contributed by atoms with Gasteiger partial charge in [0.15, 0.2) is 0 Å². The van der Waals surface area contributed by atoms with Gasteiger partial charge in [0.2, 0.25) is 0 Å². The van der Waals surface area contributed by atoms with Gasteiger partial charge in [0, 0.05) is 15.4 Å². The van der Waals surface area contributed by atoms with Crippen LogP contribution < -0.4 is 4.72 Å². The number of sulfonamides is 1. The highest BCUT2D eigenvalue weighted by Crippen LogP contribution is 2.23. The van der Waals surface area contributed by atoms with Crippen LogP contribution in [0.4, 0.5) is 0 Å². The summed E-state index contributed by atoms with van der Waals surface area (Å²) in [5.74, 6) is -1.49. The highest BCUT2D eigenvalue weighted by Gasteiger charge is 2.21. The molecule has 0 atom stereocenters. The minimum atomic E-state index is -4.15. The molecule has 2 aromatic rings. The number of amides is 1. The third-order valence-electron chi connectivity index (χ3n) is 2.62. The van der Waals surface area contributed by atoms with Gasteiger partial charge in [-0.2, -0.15) is 0 Å². The Morgan fingerprint density at radius 3 is 2.30 bits per heavy atom. The molecule has 0 aliphatic rings. The molecule has 0 spiro atoms. The van der Waals surface area contributed by atoms with Crippen LogP contribution in [-0.4, -0.2) is 27.4 Å². The summed E-state index contributed by atoms with van der Waals surface area (Å²) in [6.07, 6.45) is 0. The summed E-state index contributed by atoms with van der Waals surface area (Å²) in [6.45, 7) is 0. The van der Waals surface area contributed by atoms with E-state index in [0.29, 0.717) is 0 Å². The van der Waals surface area contributed by atoms with Crippen molar-refractivity contribution >= 4 is 56.4 Å². The second-order valence-electron chi connectivity index (χ2n) is 4.23. The van der Waals surface area contributed by atoms with Crippen LogP contribution in [0.2, 0.25) is 10.0 Å². The second-order valence-corrected chi connectivity index (χ2v) is 7.70. The average molecular weight is 394 g/mol. The maximum Gasteiger partial charge on any atom is 0.348 e. The Morgan fingerprint density at radius 2 is 1.74 bits per heavy atom. The van der Waals surface area contributed by atoms with E-state index in [0.717, 1.165) is 23.5 Å². The number of benzene rings is 1. The van der Waals surface area contributed by atoms with Gasteiger partial charge in [-0.25, -0.2) is 17.9 Å². The third-order valence-corrected chi connectivity index (χ3v) is 5.28. The summed E-state index contributed by atoms with van der Waals surface area (Å²) >= 11 is 12.5. The highest BCUT2D eigenvalue weighted by molar-refractivity contribution is 7.90. The molecule has 10 heteroatoms. The lowest BCUT2D eigenvalue weighted by Gasteiger charge is -2.07. The van der Waals surface area contributed by atoms with Gasteiger partial charge in [0.1, 0.15) is 4.88 Å². The molecule has 0 unspecified atom stereocenters. The number of carbonyl (C=O) groups excluding carboxylic acids is 2. The summed E-state index contributed by atoms with van der Waals surface area (Å²) in [5.41, 5.74) is 0.0205. The van der Waals surface area contributed by atoms with Crippen molar-refractivity contribution in [1.82, 2.24) is 4.72 Å². The molecule has 1 N–H and O–H groups in total. The summed E-state index contributed by atoms with van der Waals surface area (Å²) in [4.78, 5) is 23.3. The third kappa shape index (κ3) is 4.23. The Morgan fingerprint density at radius 1 is 1.13 bits per heavy atom. The Balaban J connectivity index is 2.24. The number of esters is 1. The molecule has 1 aromatic carbocycles. The molecule has 0 aliphatic heterocycles. The predicted octanol–water partition coefficient (Wildman–Crippen LogP) is 2.96. The van der Waals surface area contributed by atoms with Crippen LogP contribution in [0.3, 0.4) is 0 Å². The standard InChI is InChI=1S/C13H9Cl2NO5S2/c1-21-13(18)11-2-7(6-22-11)12(17)16-23(19,20)10-4-8(14)3-9(15)5-10/h2-6H,1H3,(H,16,17). The van der Waals surface area contributed by atoms with Gasteiger partial charge in [0.25, 0.3) is 15.9 Å². The molecule has 6 nitrogen and oxygen atoms in total. The first-order valence-corrected chi connectivity index (χ1v) is 9.05. The lowest BCUT2D eigenvalue weighted by atomic mass is 10.3. The largest absolute Gasteiger partial charge is 0.465 e. The van der Waals surface area contributed by atoms with Gasteiger partial charge in [0.05, 0.1) is 17.6 Å². The smallest absolute Gasteiger partial charge is 0.348 e. The number of methoxy groups -OCH3 is 1. The lowest BCUT2D eigenvalue weighted by Crippen LogP contribution is -2.30. The predicted molar refractivity (Wildman–Crippen MR) is 86.8 cm³/mol. The Bertz CT molecular complexity index is 856. The molecule has 0 fully saturated rings. The summed E-state index contributed by atoms with van der Waals surface area (Å²) in [6, 6.07) is 4.94. The second kappa shape index (κ2) is 6.88. The van der Waals surface area contributed by atoms with Crippen molar-refractivity contribution in [3.63, 3.8) is 0 Å². The molecule has 2 rings (SSSR count). The number of hydrogen-bond donors (Lipinski definition) is 1. The molecule has 122 valence electrons. The van der Waals surface area contributed by atoms with Gasteiger partial charge >= 0.3 is 5.97 Å². The molecule has 23 heavy (non-hydrogen) atoms. The fraction of sp³-hybridized carbons (Fsp3) is 0.0769. The summed E-state index contributed by atoms with van der Waals surface area (Å²) in [5, 5.41) is 1.59. The zero-order valence-electron chi connectivity index (χ0n) is 11.5. The molecule has 0 saturated heterocycles. The van der Waals surface area contributed by atoms with Crippen molar-refractivity contribution in [2.24, 2.45) is 0 Å². The highest BCUT2D eigenvalue weighted by atomic mass is 35.5. The van der Waals surface area contributed by atoms with Crippen molar-refractivity contribution in [3.8, 4) is 0 Å². The van der Waals surface area contributed by atoms with Gasteiger partial charge in [-0.05, 0) is 24.3 Å². The zero-order valence-corrected chi connectivity index (χ0v) is 14.6. The molecule has 0 aliphatic carbocycles. The summed E-state index contributed by atoms with van der Waals surface area (Å²) < 4.78 is 30.8. The number of thiophene rings is 1. The lowest BCUT2D eigenvalue weighted by molar-refractivity contribution is 0.0606. The molecule has 1 heterocycles. The van der Waals surface area contributed by atoms with Crippen LogP contribution in [0.5, 0.6) is 0 Å². The molecule has 0 radical (unpaired) electrons. The number of halogens is 2. The van der Waals surface area contributed by atoms with Crippen molar-refractivity contribution in [2.45, 2.75) is 4.90 Å². The van der Waals surface area contributed by atoms with Crippen LogP contribution in [0, 0.1) is 0 Å². The molecule has 0 saturated carbocycles. The normalized spacial score (nSPS) is 11.1. The molecule has 0 bridgehead atoms. The number of carbonyl (C=O) groups is 2. The van der Waals surface area contributed by atoms with E-state index in [2.05, 4.69) is 4.74 Å². The molecular weight excluding hydrogens is 385 g/mol. The molecule has 1 amide bonds. The molecule has 1 aromatic heterocycles. The van der Waals surface area contributed by atoms with Crippen molar-refractivity contribution < 1.29 is 22.7 Å². The van der Waals surface area contributed by atoms with E-state index in [-0.39, 0.29) is 25.4 Å². The monoisotopic (exact) mass is 393 g/mol. The average Bonchev–Trinajstić information content (AvgIpc) is 2.95. The Kier molecular flexibility index (Phi) is 5.30. The van der Waals surface area contributed by atoms with Crippen molar-refractivity contribution in [2.75, 3.05) is 7.11 Å². The van der Waals surface area contributed by atoms with Crippen LogP contribution >= 0.6 is 34.5 Å². The SMILES string of the molecule is COC(=O)c1cc(C(=O)NS(=O)(=O)c2cc(Cl)cc(Cl)c2)cs1. The van der Waals surface area contributed by atoms with Crippen LogP contribution in [-0.2, 0) is 14.8 Å². The van der Waals surface area contributed by atoms with Gasteiger partial charge < -0.3 is 4.74 Å². The minimum absolute atomic E-state index is 0.0205. The minimum Gasteiger partial charge on any atom is -0.465 e. The Labute approximate surface area is 146 Å². The first kappa shape index (κ1) is 17.7. The van der Waals surface area contributed by atoms with Crippen LogP contribution in [0.15, 0.2) is 34.5 Å². The maximum atomic E-state index is 12.2. The number of rotatable bonds is 4. The number of nitrogens with one attached hydrogen (secondary N) is 1. The van der Waals surface area contributed by atoms with E-state index in [1.54, 1.807) is 0 Å². The van der Waals surface area contributed by atoms with Crippen molar-refractivity contribution in [3.05, 3.63) is 50.1 Å². The first-order valence-electron chi connectivity index (χ1n) is 5.93. The molecular formula is C13H9Cl2NO5S2. The van der Waals surface area contributed by atoms with E-state index in [1.165, 1.54) is 24.6 Å². The Hall–Kier alpha value is -1.61. The zero-order chi connectivity index (χ0) is 17.2.